The summed E-state index contributed by atoms with van der Waals surface area (Å²) in [6.45, 7) is 5.65. The largest absolute Gasteiger partial charge is 0.332 e. The lowest BCUT2D eigenvalue weighted by Gasteiger charge is -2.12. The normalized spacial score (nSPS) is 10.6. The summed E-state index contributed by atoms with van der Waals surface area (Å²) in [5.41, 5.74) is 4.41. The number of rotatable bonds is 5. The molecule has 2 N–H and O–H groups in total. The van der Waals surface area contributed by atoms with E-state index >= 15 is 0 Å². The topological polar surface area (TPSA) is 59.0 Å². The number of ketones is 1. The Morgan fingerprint density at radius 3 is 2.43 bits per heavy atom. The fourth-order valence-corrected chi connectivity index (χ4v) is 3.10. The van der Waals surface area contributed by atoms with Crippen LogP contribution in [0.4, 0.5) is 15.8 Å². The summed E-state index contributed by atoms with van der Waals surface area (Å²) in [5.74, 6) is -0.239. The third-order valence-electron chi connectivity index (χ3n) is 4.45. The van der Waals surface area contributed by atoms with Gasteiger partial charge in [0, 0.05) is 16.8 Å². The van der Waals surface area contributed by atoms with Crippen LogP contribution in [0.25, 0.3) is 0 Å². The first kappa shape index (κ1) is 19.7. The van der Waals surface area contributed by atoms with Crippen LogP contribution in [0.3, 0.4) is 0 Å². The molecule has 0 aliphatic carbocycles. The van der Waals surface area contributed by atoms with E-state index in [9.17, 15) is 9.18 Å². The molecule has 3 rings (SSSR count). The van der Waals surface area contributed by atoms with Crippen molar-refractivity contribution in [3.05, 3.63) is 76.9 Å². The molecule has 7 heteroatoms. The molecule has 28 heavy (non-hydrogen) atoms. The number of aryl methyl sites for hydroxylation is 1. The van der Waals surface area contributed by atoms with Gasteiger partial charge >= 0.3 is 0 Å². The fraction of sp³-hybridized carbons (Fsp3) is 0.190. The Hall–Kier alpha value is -3.06. The molecule has 0 radical (unpaired) electrons. The molecule has 3 aromatic rings. The van der Waals surface area contributed by atoms with Crippen LogP contribution in [0.15, 0.2) is 48.5 Å². The summed E-state index contributed by atoms with van der Waals surface area (Å²) in [5, 5.41) is 11.2. The van der Waals surface area contributed by atoms with Gasteiger partial charge in [0.25, 0.3) is 0 Å². The Morgan fingerprint density at radius 2 is 1.79 bits per heavy atom. The number of halogens is 1. The molecule has 0 bridgehead atoms. The van der Waals surface area contributed by atoms with Gasteiger partial charge in [-0.05, 0) is 63.3 Å². The average molecular weight is 396 g/mol. The Kier molecular flexibility index (Phi) is 5.84. The molecule has 0 aliphatic heterocycles. The molecule has 1 heterocycles. The first-order chi connectivity index (χ1) is 13.3. The van der Waals surface area contributed by atoms with E-state index in [1.165, 1.54) is 13.0 Å². The summed E-state index contributed by atoms with van der Waals surface area (Å²) in [6.07, 6.45) is 0. The van der Waals surface area contributed by atoms with Crippen LogP contribution < -0.4 is 10.6 Å². The second-order valence-electron chi connectivity index (χ2n) is 6.51. The molecular formula is C21H21FN4OS. The van der Waals surface area contributed by atoms with Crippen LogP contribution in [0.1, 0.15) is 34.2 Å². The smallest absolute Gasteiger partial charge is 0.175 e. The van der Waals surface area contributed by atoms with Gasteiger partial charge < -0.3 is 10.6 Å². The molecule has 0 saturated carbocycles. The van der Waals surface area contributed by atoms with Gasteiger partial charge in [-0.3, -0.25) is 9.48 Å². The van der Waals surface area contributed by atoms with Crippen molar-refractivity contribution in [2.45, 2.75) is 27.3 Å². The quantitative estimate of drug-likeness (QED) is 0.484. The number of carbonyl (C=O) groups is 1. The van der Waals surface area contributed by atoms with E-state index in [0.717, 1.165) is 22.8 Å². The molecular weight excluding hydrogens is 375 g/mol. The third kappa shape index (κ3) is 4.43. The number of aromatic nitrogens is 2. The number of anilines is 2. The van der Waals surface area contributed by atoms with Gasteiger partial charge in [0.2, 0.25) is 0 Å². The van der Waals surface area contributed by atoms with Crippen molar-refractivity contribution < 1.29 is 9.18 Å². The predicted molar refractivity (Wildman–Crippen MR) is 113 cm³/mol. The SMILES string of the molecule is CC(=O)c1ccc(NC(=S)Nc2c(C)nn(Cc3ccccc3F)c2C)cc1. The number of carbonyl (C=O) groups excluding carboxylic acids is 1. The first-order valence-electron chi connectivity index (χ1n) is 8.81. The average Bonchev–Trinajstić information content (AvgIpc) is 2.91. The Morgan fingerprint density at radius 1 is 1.11 bits per heavy atom. The van der Waals surface area contributed by atoms with Crippen molar-refractivity contribution in [1.82, 2.24) is 9.78 Å². The maximum absolute atomic E-state index is 13.9. The van der Waals surface area contributed by atoms with Gasteiger partial charge in [-0.15, -0.1) is 0 Å². The first-order valence-corrected chi connectivity index (χ1v) is 9.22. The number of nitrogens with one attached hydrogen (secondary N) is 2. The van der Waals surface area contributed by atoms with Crippen molar-refractivity contribution >= 4 is 34.5 Å². The lowest BCUT2D eigenvalue weighted by Crippen LogP contribution is -2.20. The van der Waals surface area contributed by atoms with Crippen LogP contribution in [0.5, 0.6) is 0 Å². The van der Waals surface area contributed by atoms with Crippen molar-refractivity contribution in [3.8, 4) is 0 Å². The fourth-order valence-electron chi connectivity index (χ4n) is 2.88. The summed E-state index contributed by atoms with van der Waals surface area (Å²) < 4.78 is 15.7. The minimum absolute atomic E-state index is 0.0146. The minimum atomic E-state index is -0.254. The van der Waals surface area contributed by atoms with Crippen molar-refractivity contribution in [2.24, 2.45) is 0 Å². The van der Waals surface area contributed by atoms with Crippen LogP contribution >= 0.6 is 12.2 Å². The molecule has 0 unspecified atom stereocenters. The molecule has 0 saturated heterocycles. The summed E-state index contributed by atoms with van der Waals surface area (Å²) in [7, 11) is 0. The van der Waals surface area contributed by atoms with Gasteiger partial charge in [-0.25, -0.2) is 4.39 Å². The summed E-state index contributed by atoms with van der Waals surface area (Å²) in [4.78, 5) is 11.4. The molecule has 0 atom stereocenters. The van der Waals surface area contributed by atoms with Crippen LogP contribution in [-0.4, -0.2) is 20.7 Å². The maximum Gasteiger partial charge on any atom is 0.175 e. The second kappa shape index (κ2) is 8.31. The number of thiocarbonyl (C=S) groups is 1. The minimum Gasteiger partial charge on any atom is -0.332 e. The number of hydrogen-bond acceptors (Lipinski definition) is 3. The number of benzene rings is 2. The zero-order valence-corrected chi connectivity index (χ0v) is 16.7. The molecule has 0 amide bonds. The zero-order chi connectivity index (χ0) is 20.3. The molecule has 5 nitrogen and oxygen atoms in total. The van der Waals surface area contributed by atoms with E-state index < -0.39 is 0 Å². The maximum atomic E-state index is 13.9. The molecule has 2 aromatic carbocycles. The van der Waals surface area contributed by atoms with E-state index in [2.05, 4.69) is 15.7 Å². The number of Topliss-reactive ketones (excluding diaryl/α,β-unsaturated/α-hetero) is 1. The lowest BCUT2D eigenvalue weighted by molar-refractivity contribution is 0.101. The van der Waals surface area contributed by atoms with Crippen molar-refractivity contribution in [2.75, 3.05) is 10.6 Å². The highest BCUT2D eigenvalue weighted by atomic mass is 32.1. The van der Waals surface area contributed by atoms with E-state index in [1.807, 2.05) is 13.8 Å². The summed E-state index contributed by atoms with van der Waals surface area (Å²) in [6, 6.07) is 13.7. The Balaban J connectivity index is 1.72. The predicted octanol–water partition coefficient (Wildman–Crippen LogP) is 4.70. The highest BCUT2D eigenvalue weighted by Gasteiger charge is 2.14. The second-order valence-corrected chi connectivity index (χ2v) is 6.92. The van der Waals surface area contributed by atoms with E-state index in [0.29, 0.717) is 22.8 Å². The van der Waals surface area contributed by atoms with Crippen molar-refractivity contribution in [1.29, 1.82) is 0 Å². The molecule has 1 aromatic heterocycles. The highest BCUT2D eigenvalue weighted by molar-refractivity contribution is 7.80. The van der Waals surface area contributed by atoms with Crippen LogP contribution in [0.2, 0.25) is 0 Å². The summed E-state index contributed by atoms with van der Waals surface area (Å²) >= 11 is 5.40. The number of hydrogen-bond donors (Lipinski definition) is 2. The van der Waals surface area contributed by atoms with E-state index in [1.54, 1.807) is 47.1 Å². The molecule has 0 aliphatic rings. The third-order valence-corrected chi connectivity index (χ3v) is 4.65. The van der Waals surface area contributed by atoms with Gasteiger partial charge in [0.1, 0.15) is 5.82 Å². The monoisotopic (exact) mass is 396 g/mol. The number of nitrogens with zero attached hydrogens (tertiary/aromatic N) is 2. The van der Waals surface area contributed by atoms with E-state index in [4.69, 9.17) is 12.2 Å². The van der Waals surface area contributed by atoms with Crippen LogP contribution in [0, 0.1) is 19.7 Å². The molecule has 0 fully saturated rings. The van der Waals surface area contributed by atoms with Gasteiger partial charge in [-0.2, -0.15) is 5.10 Å². The highest BCUT2D eigenvalue weighted by Crippen LogP contribution is 2.21. The van der Waals surface area contributed by atoms with Crippen molar-refractivity contribution in [3.63, 3.8) is 0 Å². The molecule has 0 spiro atoms. The standard InChI is InChI=1S/C21H21FN4OS/c1-13-20(14(2)26(25-13)12-17-6-4-5-7-19(17)22)24-21(28)23-18-10-8-16(9-11-18)15(3)27/h4-11H,12H2,1-3H3,(H2,23,24,28). The van der Waals surface area contributed by atoms with E-state index in [-0.39, 0.29) is 11.6 Å². The zero-order valence-electron chi connectivity index (χ0n) is 15.9. The van der Waals surface area contributed by atoms with Crippen LogP contribution in [-0.2, 0) is 6.54 Å². The van der Waals surface area contributed by atoms with Gasteiger partial charge in [0.05, 0.1) is 23.6 Å². The lowest BCUT2D eigenvalue weighted by atomic mass is 10.1. The van der Waals surface area contributed by atoms with Gasteiger partial charge in [0.15, 0.2) is 10.9 Å². The van der Waals surface area contributed by atoms with Gasteiger partial charge in [-0.1, -0.05) is 18.2 Å². The Bertz CT molecular complexity index is 1030. The Labute approximate surface area is 168 Å². The molecule has 144 valence electrons.